The third-order valence-electron chi connectivity index (χ3n) is 5.26. The number of benzene rings is 2. The lowest BCUT2D eigenvalue weighted by Gasteiger charge is -2.05. The third-order valence-corrected chi connectivity index (χ3v) is 5.82. The van der Waals surface area contributed by atoms with E-state index in [0.717, 1.165) is 44.8 Å². The van der Waals surface area contributed by atoms with E-state index in [4.69, 9.17) is 23.2 Å². The van der Waals surface area contributed by atoms with E-state index < -0.39 is 0 Å². The highest BCUT2D eigenvalue weighted by Crippen LogP contribution is 2.23. The molecule has 0 unspecified atom stereocenters. The number of Topliss-reactive ketones (excluding diaryl/α,β-unsaturated/α-hetero) is 2. The number of rotatable bonds is 6. The van der Waals surface area contributed by atoms with Crippen LogP contribution in [-0.4, -0.2) is 32.0 Å². The van der Waals surface area contributed by atoms with Crippen molar-refractivity contribution in [1.29, 1.82) is 0 Å². The maximum atomic E-state index is 11.0. The molecule has 2 heterocycles. The van der Waals surface area contributed by atoms with Gasteiger partial charge in [0.25, 0.3) is 0 Å². The summed E-state index contributed by atoms with van der Waals surface area (Å²) in [5.74, 6) is 0.315. The van der Waals surface area contributed by atoms with E-state index in [0.29, 0.717) is 23.1 Å². The molecule has 8 heteroatoms. The standard InChI is InChI=1S/2C14H13ClN2O/c1-9-7-13(15)16-17-14(9)12-5-3-11(4-6-12)8-10(2)18;1-9-7-13(16-17-14(9)15)12-5-3-11(4-6-12)8-10(2)18/h2*3-7H,8H2,1-2H3. The Hall–Kier alpha value is -3.48. The number of hydrogen-bond donors (Lipinski definition) is 0. The molecule has 4 aromatic rings. The minimum Gasteiger partial charge on any atom is -0.300 e. The fourth-order valence-electron chi connectivity index (χ4n) is 3.50. The van der Waals surface area contributed by atoms with Crippen molar-refractivity contribution in [2.45, 2.75) is 40.5 Å². The molecule has 0 amide bonds. The van der Waals surface area contributed by atoms with E-state index in [2.05, 4.69) is 20.4 Å². The van der Waals surface area contributed by atoms with Crippen molar-refractivity contribution in [3.05, 3.63) is 93.2 Å². The van der Waals surface area contributed by atoms with Gasteiger partial charge in [0.05, 0.1) is 11.4 Å². The average Bonchev–Trinajstić information content (AvgIpc) is 2.82. The summed E-state index contributed by atoms with van der Waals surface area (Å²) in [5, 5.41) is 16.7. The molecule has 4 rings (SSSR count). The number of carbonyl (C=O) groups is 2. The van der Waals surface area contributed by atoms with E-state index in [1.807, 2.05) is 68.4 Å². The Kier molecular flexibility index (Phi) is 9.39. The molecule has 0 aliphatic heterocycles. The van der Waals surface area contributed by atoms with Crippen LogP contribution in [0.2, 0.25) is 10.3 Å². The number of hydrogen-bond acceptors (Lipinski definition) is 6. The number of aryl methyl sites for hydroxylation is 2. The van der Waals surface area contributed by atoms with Gasteiger partial charge < -0.3 is 0 Å². The van der Waals surface area contributed by atoms with Crippen LogP contribution in [0.3, 0.4) is 0 Å². The van der Waals surface area contributed by atoms with Crippen LogP contribution in [0.4, 0.5) is 0 Å². The summed E-state index contributed by atoms with van der Waals surface area (Å²) in [6.45, 7) is 7.01. The van der Waals surface area contributed by atoms with Gasteiger partial charge in [-0.15, -0.1) is 20.4 Å². The van der Waals surface area contributed by atoms with Crippen molar-refractivity contribution in [2.24, 2.45) is 0 Å². The third kappa shape index (κ3) is 7.77. The Labute approximate surface area is 220 Å². The van der Waals surface area contributed by atoms with Crippen molar-refractivity contribution in [3.8, 4) is 22.5 Å². The smallest absolute Gasteiger partial charge is 0.154 e. The summed E-state index contributed by atoms with van der Waals surface area (Å²) in [7, 11) is 0. The second-order valence-corrected chi connectivity index (χ2v) is 9.30. The van der Waals surface area contributed by atoms with Crippen LogP contribution < -0.4 is 0 Å². The molecular formula is C28H26Cl2N4O2. The molecule has 36 heavy (non-hydrogen) atoms. The van der Waals surface area contributed by atoms with Gasteiger partial charge in [-0.3, -0.25) is 9.59 Å². The summed E-state index contributed by atoms with van der Waals surface area (Å²) in [6, 6.07) is 19.2. The molecule has 0 bridgehead atoms. The summed E-state index contributed by atoms with van der Waals surface area (Å²) < 4.78 is 0. The van der Waals surface area contributed by atoms with E-state index in [1.54, 1.807) is 19.9 Å². The van der Waals surface area contributed by atoms with Gasteiger partial charge in [-0.25, -0.2) is 0 Å². The lowest BCUT2D eigenvalue weighted by atomic mass is 10.0. The first-order valence-corrected chi connectivity index (χ1v) is 12.0. The Balaban J connectivity index is 0.000000201. The highest BCUT2D eigenvalue weighted by Gasteiger charge is 2.07. The van der Waals surface area contributed by atoms with Crippen LogP contribution >= 0.6 is 23.2 Å². The first kappa shape index (κ1) is 27.1. The maximum Gasteiger partial charge on any atom is 0.154 e. The highest BCUT2D eigenvalue weighted by atomic mass is 35.5. The van der Waals surface area contributed by atoms with Crippen molar-refractivity contribution in [2.75, 3.05) is 0 Å². The van der Waals surface area contributed by atoms with E-state index in [1.165, 1.54) is 0 Å². The largest absolute Gasteiger partial charge is 0.300 e. The van der Waals surface area contributed by atoms with Gasteiger partial charge >= 0.3 is 0 Å². The fraction of sp³-hybridized carbons (Fsp3) is 0.214. The summed E-state index contributed by atoms with van der Waals surface area (Å²) in [4.78, 5) is 22.0. The maximum absolute atomic E-state index is 11.0. The molecule has 184 valence electrons. The Morgan fingerprint density at radius 2 is 1.19 bits per heavy atom. The predicted octanol–water partition coefficient (Wildman–Crippen LogP) is 6.47. The van der Waals surface area contributed by atoms with Crippen LogP contribution in [0.1, 0.15) is 36.1 Å². The van der Waals surface area contributed by atoms with Gasteiger partial charge in [0, 0.05) is 24.0 Å². The molecule has 2 aromatic carbocycles. The van der Waals surface area contributed by atoms with Crippen LogP contribution in [0.5, 0.6) is 0 Å². The SMILES string of the molecule is CC(=O)Cc1ccc(-c2cc(C)c(Cl)nn2)cc1.CC(=O)Cc1ccc(-c2nnc(Cl)cc2C)cc1. The van der Waals surface area contributed by atoms with Gasteiger partial charge in [0.15, 0.2) is 10.3 Å². The molecule has 2 aromatic heterocycles. The quantitative estimate of drug-likeness (QED) is 0.289. The van der Waals surface area contributed by atoms with Crippen molar-refractivity contribution in [1.82, 2.24) is 20.4 Å². The van der Waals surface area contributed by atoms with E-state index in [-0.39, 0.29) is 11.6 Å². The number of aromatic nitrogens is 4. The average molecular weight is 521 g/mol. The molecule has 0 fully saturated rings. The molecule has 0 saturated carbocycles. The summed E-state index contributed by atoms with van der Waals surface area (Å²) in [5.41, 5.74) is 7.43. The molecule has 0 saturated heterocycles. The molecule has 0 atom stereocenters. The first-order chi connectivity index (χ1) is 17.1. The zero-order valence-electron chi connectivity index (χ0n) is 20.5. The minimum atomic E-state index is 0.157. The van der Waals surface area contributed by atoms with Crippen molar-refractivity contribution >= 4 is 34.8 Å². The van der Waals surface area contributed by atoms with Crippen molar-refractivity contribution < 1.29 is 9.59 Å². The van der Waals surface area contributed by atoms with Gasteiger partial charge in [0.2, 0.25) is 0 Å². The van der Waals surface area contributed by atoms with E-state index >= 15 is 0 Å². The second-order valence-electron chi connectivity index (χ2n) is 8.55. The molecule has 0 radical (unpaired) electrons. The molecule has 6 nitrogen and oxygen atoms in total. The van der Waals surface area contributed by atoms with Crippen LogP contribution in [-0.2, 0) is 22.4 Å². The molecule has 0 aliphatic carbocycles. The molecule has 0 aliphatic rings. The van der Waals surface area contributed by atoms with Crippen LogP contribution in [0, 0.1) is 13.8 Å². The van der Waals surface area contributed by atoms with Crippen LogP contribution in [0.15, 0.2) is 60.7 Å². The molecule has 0 spiro atoms. The second kappa shape index (κ2) is 12.5. The van der Waals surface area contributed by atoms with Crippen molar-refractivity contribution in [3.63, 3.8) is 0 Å². The van der Waals surface area contributed by atoms with Gasteiger partial charge in [-0.2, -0.15) is 0 Å². The highest BCUT2D eigenvalue weighted by molar-refractivity contribution is 6.30. The molecule has 0 N–H and O–H groups in total. The Bertz CT molecular complexity index is 1370. The zero-order chi connectivity index (χ0) is 26.2. The van der Waals surface area contributed by atoms with Gasteiger partial charge in [-0.05, 0) is 62.1 Å². The normalized spacial score (nSPS) is 10.4. The zero-order valence-corrected chi connectivity index (χ0v) is 22.1. The van der Waals surface area contributed by atoms with Gasteiger partial charge in [-0.1, -0.05) is 71.7 Å². The number of halogens is 2. The monoisotopic (exact) mass is 520 g/mol. The lowest BCUT2D eigenvalue weighted by Crippen LogP contribution is -1.96. The summed E-state index contributed by atoms with van der Waals surface area (Å²) in [6.07, 6.45) is 0.928. The molecular weight excluding hydrogens is 495 g/mol. The number of nitrogens with zero attached hydrogens (tertiary/aromatic N) is 4. The van der Waals surface area contributed by atoms with Crippen LogP contribution in [0.25, 0.3) is 22.5 Å². The summed E-state index contributed by atoms with van der Waals surface area (Å²) >= 11 is 11.6. The Morgan fingerprint density at radius 1 is 0.667 bits per heavy atom. The Morgan fingerprint density at radius 3 is 1.67 bits per heavy atom. The predicted molar refractivity (Wildman–Crippen MR) is 143 cm³/mol. The first-order valence-electron chi connectivity index (χ1n) is 11.3. The topological polar surface area (TPSA) is 85.7 Å². The van der Waals surface area contributed by atoms with E-state index in [9.17, 15) is 9.59 Å². The number of ketones is 2. The van der Waals surface area contributed by atoms with Gasteiger partial charge in [0.1, 0.15) is 11.6 Å². The minimum absolute atomic E-state index is 0.157. The fourth-order valence-corrected chi connectivity index (χ4v) is 3.79. The lowest BCUT2D eigenvalue weighted by molar-refractivity contribution is -0.117. The number of carbonyl (C=O) groups excluding carboxylic acids is 2.